The number of piperidine rings is 1. The van der Waals surface area contributed by atoms with E-state index in [0.29, 0.717) is 18.0 Å². The number of hydrogen-bond donors (Lipinski definition) is 3. The highest BCUT2D eigenvalue weighted by Gasteiger charge is 2.23. The number of nitrogens with two attached hydrogens (primary N) is 1. The number of aromatic hydroxyl groups is 2. The summed E-state index contributed by atoms with van der Waals surface area (Å²) in [5, 5.41) is 18.7. The molecule has 0 aromatic heterocycles. The molecular formula is C14H20N2O3. The first-order chi connectivity index (χ1) is 9.11. The van der Waals surface area contributed by atoms with Crippen LogP contribution in [0.2, 0.25) is 0 Å². The van der Waals surface area contributed by atoms with E-state index < -0.39 is 0 Å². The molecule has 1 aliphatic heterocycles. The van der Waals surface area contributed by atoms with Crippen LogP contribution in [0.5, 0.6) is 11.5 Å². The first-order valence-electron chi connectivity index (χ1n) is 6.63. The fourth-order valence-corrected chi connectivity index (χ4v) is 2.50. The Bertz CT molecular complexity index is 454. The summed E-state index contributed by atoms with van der Waals surface area (Å²) in [6.45, 7) is 2.15. The monoisotopic (exact) mass is 264 g/mol. The highest BCUT2D eigenvalue weighted by molar-refractivity contribution is 5.94. The summed E-state index contributed by atoms with van der Waals surface area (Å²) < 4.78 is 0. The molecule has 0 atom stereocenters. The molecule has 0 bridgehead atoms. The van der Waals surface area contributed by atoms with Gasteiger partial charge in [-0.2, -0.15) is 0 Å². The van der Waals surface area contributed by atoms with Crippen molar-refractivity contribution in [3.05, 3.63) is 23.8 Å². The topological polar surface area (TPSA) is 86.8 Å². The van der Waals surface area contributed by atoms with Gasteiger partial charge in [0.05, 0.1) is 0 Å². The van der Waals surface area contributed by atoms with E-state index in [1.165, 1.54) is 18.2 Å². The van der Waals surface area contributed by atoms with E-state index >= 15 is 0 Å². The summed E-state index contributed by atoms with van der Waals surface area (Å²) in [7, 11) is 0. The Labute approximate surface area is 112 Å². The lowest BCUT2D eigenvalue weighted by Crippen LogP contribution is -2.38. The van der Waals surface area contributed by atoms with Crippen molar-refractivity contribution in [3.8, 4) is 11.5 Å². The van der Waals surface area contributed by atoms with Gasteiger partial charge in [-0.3, -0.25) is 4.79 Å². The molecule has 104 valence electrons. The molecule has 0 spiro atoms. The molecule has 1 amide bonds. The number of nitrogens with zero attached hydrogens (tertiary/aromatic N) is 1. The van der Waals surface area contributed by atoms with Crippen molar-refractivity contribution >= 4 is 5.91 Å². The maximum atomic E-state index is 12.2. The summed E-state index contributed by atoms with van der Waals surface area (Å²) in [6, 6.07) is 4.18. The number of rotatable bonds is 3. The third-order valence-corrected chi connectivity index (χ3v) is 3.70. The second-order valence-corrected chi connectivity index (χ2v) is 5.02. The summed E-state index contributed by atoms with van der Waals surface area (Å²) in [5.41, 5.74) is 5.95. The van der Waals surface area contributed by atoms with Gasteiger partial charge in [0.15, 0.2) is 11.5 Å². The lowest BCUT2D eigenvalue weighted by molar-refractivity contribution is 0.0687. The van der Waals surface area contributed by atoms with E-state index in [9.17, 15) is 15.0 Å². The molecule has 1 aromatic carbocycles. The van der Waals surface area contributed by atoms with Crippen LogP contribution < -0.4 is 5.73 Å². The smallest absolute Gasteiger partial charge is 0.253 e. The van der Waals surface area contributed by atoms with E-state index in [1.807, 2.05) is 0 Å². The number of carbonyl (C=O) groups excluding carboxylic acids is 1. The predicted octanol–water partition coefficient (Wildman–Crippen LogP) is 1.30. The highest BCUT2D eigenvalue weighted by Crippen LogP contribution is 2.27. The maximum absolute atomic E-state index is 12.2. The van der Waals surface area contributed by atoms with Crippen LogP contribution in [-0.2, 0) is 0 Å². The van der Waals surface area contributed by atoms with Gasteiger partial charge in [0.25, 0.3) is 5.91 Å². The Morgan fingerprint density at radius 2 is 1.95 bits per heavy atom. The largest absolute Gasteiger partial charge is 0.504 e. The molecule has 1 heterocycles. The molecule has 1 saturated heterocycles. The Morgan fingerprint density at radius 3 is 2.53 bits per heavy atom. The molecule has 0 aliphatic carbocycles. The average Bonchev–Trinajstić information content (AvgIpc) is 2.42. The van der Waals surface area contributed by atoms with Gasteiger partial charge < -0.3 is 20.8 Å². The van der Waals surface area contributed by atoms with E-state index in [2.05, 4.69) is 0 Å². The van der Waals surface area contributed by atoms with E-state index in [0.717, 1.165) is 32.4 Å². The lowest BCUT2D eigenvalue weighted by Gasteiger charge is -2.32. The second kappa shape index (κ2) is 5.93. The first kappa shape index (κ1) is 13.7. The van der Waals surface area contributed by atoms with E-state index in [4.69, 9.17) is 5.73 Å². The standard InChI is InChI=1S/C14H20N2O3/c15-6-3-10-4-7-16(8-5-10)14(19)11-1-2-12(17)13(18)9-11/h1-2,9-10,17-18H,3-8,15H2. The van der Waals surface area contributed by atoms with Crippen LogP contribution in [0.1, 0.15) is 29.6 Å². The number of amides is 1. The van der Waals surface area contributed by atoms with Crippen molar-refractivity contribution in [1.29, 1.82) is 0 Å². The van der Waals surface area contributed by atoms with Gasteiger partial charge in [-0.15, -0.1) is 0 Å². The fraction of sp³-hybridized carbons (Fsp3) is 0.500. The van der Waals surface area contributed by atoms with Crippen LogP contribution in [0.3, 0.4) is 0 Å². The number of phenolic OH excluding ortho intramolecular Hbond substituents is 2. The molecule has 5 nitrogen and oxygen atoms in total. The third-order valence-electron chi connectivity index (χ3n) is 3.70. The highest BCUT2D eigenvalue weighted by atomic mass is 16.3. The number of hydrogen-bond acceptors (Lipinski definition) is 4. The van der Waals surface area contributed by atoms with Gasteiger partial charge in [-0.25, -0.2) is 0 Å². The van der Waals surface area contributed by atoms with Gasteiger partial charge in [-0.1, -0.05) is 0 Å². The molecule has 1 aromatic rings. The zero-order valence-electron chi connectivity index (χ0n) is 10.9. The van der Waals surface area contributed by atoms with Gasteiger partial charge in [0, 0.05) is 18.7 Å². The zero-order valence-corrected chi connectivity index (χ0v) is 10.9. The van der Waals surface area contributed by atoms with Gasteiger partial charge in [0.2, 0.25) is 0 Å². The molecular weight excluding hydrogens is 244 g/mol. The maximum Gasteiger partial charge on any atom is 0.253 e. The van der Waals surface area contributed by atoms with Crippen LogP contribution in [0.25, 0.3) is 0 Å². The van der Waals surface area contributed by atoms with Crippen LogP contribution in [0.4, 0.5) is 0 Å². The van der Waals surface area contributed by atoms with Gasteiger partial charge in [0.1, 0.15) is 0 Å². The SMILES string of the molecule is NCCC1CCN(C(=O)c2ccc(O)c(O)c2)CC1. The van der Waals surface area contributed by atoms with Crippen molar-refractivity contribution < 1.29 is 15.0 Å². The molecule has 1 aliphatic rings. The Morgan fingerprint density at radius 1 is 1.26 bits per heavy atom. The first-order valence-corrected chi connectivity index (χ1v) is 6.63. The summed E-state index contributed by atoms with van der Waals surface area (Å²) in [4.78, 5) is 14.0. The number of likely N-dealkylation sites (tertiary alicyclic amines) is 1. The summed E-state index contributed by atoms with van der Waals surface area (Å²) in [5.74, 6) is 0.0471. The minimum absolute atomic E-state index is 0.0958. The van der Waals surface area contributed by atoms with Crippen LogP contribution >= 0.6 is 0 Å². The summed E-state index contributed by atoms with van der Waals surface area (Å²) in [6.07, 6.45) is 2.97. The average molecular weight is 264 g/mol. The molecule has 0 unspecified atom stereocenters. The number of benzene rings is 1. The minimum atomic E-state index is -0.260. The molecule has 0 saturated carbocycles. The number of phenols is 2. The van der Waals surface area contributed by atoms with Crippen LogP contribution in [0, 0.1) is 5.92 Å². The third kappa shape index (κ3) is 3.17. The Balaban J connectivity index is 1.99. The van der Waals surface area contributed by atoms with Gasteiger partial charge in [-0.05, 0) is 49.9 Å². The molecule has 2 rings (SSSR count). The zero-order chi connectivity index (χ0) is 13.8. The molecule has 4 N–H and O–H groups in total. The second-order valence-electron chi connectivity index (χ2n) is 5.02. The van der Waals surface area contributed by atoms with E-state index in [1.54, 1.807) is 4.90 Å². The van der Waals surface area contributed by atoms with Crippen molar-refractivity contribution in [3.63, 3.8) is 0 Å². The predicted molar refractivity (Wildman–Crippen MR) is 72.1 cm³/mol. The Kier molecular flexibility index (Phi) is 4.27. The Hall–Kier alpha value is -1.75. The molecule has 19 heavy (non-hydrogen) atoms. The molecule has 1 fully saturated rings. The van der Waals surface area contributed by atoms with Crippen LogP contribution in [0.15, 0.2) is 18.2 Å². The number of carbonyl (C=O) groups is 1. The van der Waals surface area contributed by atoms with Gasteiger partial charge >= 0.3 is 0 Å². The van der Waals surface area contributed by atoms with Crippen molar-refractivity contribution in [2.24, 2.45) is 11.7 Å². The van der Waals surface area contributed by atoms with Crippen LogP contribution in [-0.4, -0.2) is 40.7 Å². The summed E-state index contributed by atoms with van der Waals surface area (Å²) >= 11 is 0. The quantitative estimate of drug-likeness (QED) is 0.718. The molecule has 5 heteroatoms. The lowest BCUT2D eigenvalue weighted by atomic mass is 9.93. The fourth-order valence-electron chi connectivity index (χ4n) is 2.50. The normalized spacial score (nSPS) is 16.6. The molecule has 0 radical (unpaired) electrons. The van der Waals surface area contributed by atoms with Crippen molar-refractivity contribution in [2.45, 2.75) is 19.3 Å². The van der Waals surface area contributed by atoms with E-state index in [-0.39, 0.29) is 17.4 Å². The van der Waals surface area contributed by atoms with Crippen molar-refractivity contribution in [1.82, 2.24) is 4.90 Å². The minimum Gasteiger partial charge on any atom is -0.504 e. The van der Waals surface area contributed by atoms with Crippen molar-refractivity contribution in [2.75, 3.05) is 19.6 Å².